The van der Waals surface area contributed by atoms with Gasteiger partial charge in [0.15, 0.2) is 6.10 Å². The van der Waals surface area contributed by atoms with E-state index in [1.165, 1.54) is 17.5 Å². The smallest absolute Gasteiger partial charge is 0.337 e. The van der Waals surface area contributed by atoms with Crippen molar-refractivity contribution in [2.75, 3.05) is 23.3 Å². The van der Waals surface area contributed by atoms with Gasteiger partial charge in [0.05, 0.1) is 29.8 Å². The summed E-state index contributed by atoms with van der Waals surface area (Å²) >= 11 is 0. The largest absolute Gasteiger partial charge is 0.476 e. The molecular weight excluding hydrogens is 468 g/mol. The lowest BCUT2D eigenvalue weighted by Crippen LogP contribution is -2.49. The summed E-state index contributed by atoms with van der Waals surface area (Å²) in [4.78, 5) is 25.3. The fourth-order valence-corrected chi connectivity index (χ4v) is 5.25. The second-order valence-corrected chi connectivity index (χ2v) is 10.3. The van der Waals surface area contributed by atoms with Crippen LogP contribution < -0.4 is 14.4 Å². The molecular formula is C26H26N2O6S. The molecule has 9 heteroatoms. The van der Waals surface area contributed by atoms with Crippen LogP contribution in [0.2, 0.25) is 0 Å². The SMILES string of the molecule is COC(=O)c1ccc(C)c(NC(=O)C2CN(S(=O)(=O)c3ccc(C)cc3)c3cc(C)ccc3O2)c1. The number of hydrogen-bond acceptors (Lipinski definition) is 6. The fourth-order valence-electron chi connectivity index (χ4n) is 3.78. The summed E-state index contributed by atoms with van der Waals surface area (Å²) in [5.41, 5.74) is 3.57. The summed E-state index contributed by atoms with van der Waals surface area (Å²) in [6.07, 6.45) is -1.12. The fraction of sp³-hybridized carbons (Fsp3) is 0.231. The van der Waals surface area contributed by atoms with E-state index in [-0.39, 0.29) is 22.8 Å². The standard InChI is InChI=1S/C26H26N2O6S/c1-16-5-10-20(11-6-16)35(31,32)28-15-24(34-23-12-7-17(2)13-22(23)28)25(29)27-21-14-19(26(30)33-4)9-8-18(21)3/h5-14,24H,15H2,1-4H3,(H,27,29). The van der Waals surface area contributed by atoms with Crippen molar-refractivity contribution in [2.45, 2.75) is 31.8 Å². The number of anilines is 2. The predicted molar refractivity (Wildman–Crippen MR) is 132 cm³/mol. The summed E-state index contributed by atoms with van der Waals surface area (Å²) in [5.74, 6) is -0.780. The number of amides is 1. The van der Waals surface area contributed by atoms with Gasteiger partial charge in [0, 0.05) is 5.69 Å². The van der Waals surface area contributed by atoms with Crippen molar-refractivity contribution < 1.29 is 27.5 Å². The van der Waals surface area contributed by atoms with Gasteiger partial charge < -0.3 is 14.8 Å². The number of nitrogens with one attached hydrogen (secondary N) is 1. The van der Waals surface area contributed by atoms with Crippen molar-refractivity contribution in [3.63, 3.8) is 0 Å². The maximum Gasteiger partial charge on any atom is 0.337 e. The van der Waals surface area contributed by atoms with Crippen LogP contribution in [0, 0.1) is 20.8 Å². The first-order chi connectivity index (χ1) is 16.6. The van der Waals surface area contributed by atoms with Gasteiger partial charge in [-0.25, -0.2) is 13.2 Å². The Balaban J connectivity index is 1.68. The summed E-state index contributed by atoms with van der Waals surface area (Å²) in [6.45, 7) is 5.30. The van der Waals surface area contributed by atoms with Gasteiger partial charge in [-0.2, -0.15) is 0 Å². The number of rotatable bonds is 5. The number of aryl methyl sites for hydroxylation is 3. The van der Waals surface area contributed by atoms with Gasteiger partial charge in [0.2, 0.25) is 0 Å². The molecule has 3 aromatic carbocycles. The van der Waals surface area contributed by atoms with Crippen LogP contribution in [0.5, 0.6) is 5.75 Å². The van der Waals surface area contributed by atoms with E-state index in [1.807, 2.05) is 13.8 Å². The zero-order valence-electron chi connectivity index (χ0n) is 19.9. The van der Waals surface area contributed by atoms with E-state index in [2.05, 4.69) is 5.32 Å². The summed E-state index contributed by atoms with van der Waals surface area (Å²) in [7, 11) is -2.69. The van der Waals surface area contributed by atoms with Crippen LogP contribution in [0.25, 0.3) is 0 Å². The molecule has 0 aromatic heterocycles. The number of nitrogens with zero attached hydrogens (tertiary/aromatic N) is 1. The van der Waals surface area contributed by atoms with Crippen molar-refractivity contribution in [1.29, 1.82) is 0 Å². The molecule has 1 heterocycles. The van der Waals surface area contributed by atoms with Crippen molar-refractivity contribution in [2.24, 2.45) is 0 Å². The number of sulfonamides is 1. The van der Waals surface area contributed by atoms with E-state index in [4.69, 9.17) is 9.47 Å². The molecule has 1 amide bonds. The van der Waals surface area contributed by atoms with Crippen LogP contribution in [0.1, 0.15) is 27.0 Å². The maximum absolute atomic E-state index is 13.6. The van der Waals surface area contributed by atoms with Crippen molar-refractivity contribution in [3.8, 4) is 5.75 Å². The van der Waals surface area contributed by atoms with Crippen LogP contribution in [-0.4, -0.2) is 40.1 Å². The van der Waals surface area contributed by atoms with E-state index >= 15 is 0 Å². The van der Waals surface area contributed by atoms with Crippen LogP contribution in [0.4, 0.5) is 11.4 Å². The third-order valence-corrected chi connectivity index (χ3v) is 7.60. The monoisotopic (exact) mass is 494 g/mol. The highest BCUT2D eigenvalue weighted by Crippen LogP contribution is 2.38. The number of benzene rings is 3. The number of fused-ring (bicyclic) bond motifs is 1. The van der Waals surface area contributed by atoms with Crippen molar-refractivity contribution in [3.05, 3.63) is 82.9 Å². The van der Waals surface area contributed by atoms with E-state index < -0.39 is 28.0 Å². The molecule has 182 valence electrons. The number of ether oxygens (including phenoxy) is 2. The molecule has 0 spiro atoms. The Morgan fingerprint density at radius 2 is 1.66 bits per heavy atom. The first kappa shape index (κ1) is 24.3. The Hall–Kier alpha value is -3.85. The quantitative estimate of drug-likeness (QED) is 0.538. The van der Waals surface area contributed by atoms with E-state index in [9.17, 15) is 18.0 Å². The molecule has 35 heavy (non-hydrogen) atoms. The average molecular weight is 495 g/mol. The number of carbonyl (C=O) groups is 2. The Bertz CT molecular complexity index is 1400. The van der Waals surface area contributed by atoms with Gasteiger partial charge in [-0.3, -0.25) is 9.10 Å². The van der Waals surface area contributed by atoms with Gasteiger partial charge in [-0.15, -0.1) is 0 Å². The first-order valence-electron chi connectivity index (χ1n) is 11.0. The van der Waals surface area contributed by atoms with Gasteiger partial charge in [-0.05, 0) is 68.3 Å². The topological polar surface area (TPSA) is 102 Å². The Morgan fingerprint density at radius 3 is 2.34 bits per heavy atom. The highest BCUT2D eigenvalue weighted by atomic mass is 32.2. The lowest BCUT2D eigenvalue weighted by atomic mass is 10.1. The molecule has 1 N–H and O–H groups in total. The average Bonchev–Trinajstić information content (AvgIpc) is 2.84. The molecule has 8 nitrogen and oxygen atoms in total. The van der Waals surface area contributed by atoms with Crippen LogP contribution in [0.15, 0.2) is 65.6 Å². The maximum atomic E-state index is 13.6. The Morgan fingerprint density at radius 1 is 0.971 bits per heavy atom. The summed E-state index contributed by atoms with van der Waals surface area (Å²) in [5, 5.41) is 2.77. The van der Waals surface area contributed by atoms with Gasteiger partial charge >= 0.3 is 5.97 Å². The first-order valence-corrected chi connectivity index (χ1v) is 12.4. The van der Waals surface area contributed by atoms with E-state index in [0.717, 1.165) is 16.7 Å². The van der Waals surface area contributed by atoms with Gasteiger partial charge in [0.25, 0.3) is 15.9 Å². The lowest BCUT2D eigenvalue weighted by molar-refractivity contribution is -0.122. The highest BCUT2D eigenvalue weighted by molar-refractivity contribution is 7.92. The number of esters is 1. The van der Waals surface area contributed by atoms with E-state index in [1.54, 1.807) is 61.5 Å². The number of hydrogen-bond donors (Lipinski definition) is 1. The van der Waals surface area contributed by atoms with Gasteiger partial charge in [0.1, 0.15) is 5.75 Å². The van der Waals surface area contributed by atoms with Crippen LogP contribution in [-0.2, 0) is 19.6 Å². The molecule has 1 aliphatic heterocycles. The number of carbonyl (C=O) groups excluding carboxylic acids is 2. The lowest BCUT2D eigenvalue weighted by Gasteiger charge is -2.35. The highest BCUT2D eigenvalue weighted by Gasteiger charge is 2.37. The second kappa shape index (κ2) is 9.42. The minimum Gasteiger partial charge on any atom is -0.476 e. The molecule has 1 unspecified atom stereocenters. The van der Waals surface area contributed by atoms with Crippen LogP contribution >= 0.6 is 0 Å². The van der Waals surface area contributed by atoms with Crippen molar-refractivity contribution >= 4 is 33.3 Å². The summed E-state index contributed by atoms with van der Waals surface area (Å²) < 4.78 is 39.1. The molecule has 1 aliphatic rings. The third-order valence-electron chi connectivity index (χ3n) is 5.80. The molecule has 0 aliphatic carbocycles. The molecule has 3 aromatic rings. The molecule has 0 bridgehead atoms. The molecule has 0 radical (unpaired) electrons. The normalized spacial score (nSPS) is 15.1. The number of methoxy groups -OCH3 is 1. The predicted octanol–water partition coefficient (Wildman–Crippen LogP) is 3.99. The Labute approximate surface area is 204 Å². The zero-order valence-corrected chi connectivity index (χ0v) is 20.7. The van der Waals surface area contributed by atoms with Gasteiger partial charge in [-0.1, -0.05) is 29.8 Å². The van der Waals surface area contributed by atoms with Crippen LogP contribution in [0.3, 0.4) is 0 Å². The minimum absolute atomic E-state index is 0.123. The Kier molecular flexibility index (Phi) is 6.53. The molecule has 1 atom stereocenters. The minimum atomic E-state index is -3.97. The second-order valence-electron chi connectivity index (χ2n) is 8.44. The third kappa shape index (κ3) is 4.85. The molecule has 0 saturated heterocycles. The molecule has 0 saturated carbocycles. The molecule has 0 fully saturated rings. The zero-order chi connectivity index (χ0) is 25.3. The molecule has 4 rings (SSSR count). The van der Waals surface area contributed by atoms with Crippen molar-refractivity contribution in [1.82, 2.24) is 0 Å². The van der Waals surface area contributed by atoms with E-state index in [0.29, 0.717) is 11.4 Å². The summed E-state index contributed by atoms with van der Waals surface area (Å²) in [6, 6.07) is 16.5.